The summed E-state index contributed by atoms with van der Waals surface area (Å²) in [6.45, 7) is 9.97. The number of hydrogen-bond donors (Lipinski definition) is 0. The predicted molar refractivity (Wildman–Crippen MR) is 148 cm³/mol. The van der Waals surface area contributed by atoms with Gasteiger partial charge in [0.1, 0.15) is 11.4 Å². The monoisotopic (exact) mass is 517 g/mol. The molecule has 1 amide bonds. The van der Waals surface area contributed by atoms with Crippen molar-refractivity contribution in [2.24, 2.45) is 0 Å². The molecule has 3 heterocycles. The maximum atomic E-state index is 15.4. The van der Waals surface area contributed by atoms with Crippen LogP contribution >= 0.6 is 0 Å². The molecule has 0 N–H and O–H groups in total. The van der Waals surface area contributed by atoms with Crippen molar-refractivity contribution < 1.29 is 9.18 Å². The molecule has 8 heteroatoms. The van der Waals surface area contributed by atoms with E-state index in [1.165, 1.54) is 11.6 Å². The number of pyridine rings is 1. The Morgan fingerprint density at radius 2 is 1.61 bits per heavy atom. The zero-order chi connectivity index (χ0) is 26.2. The molecule has 2 aromatic carbocycles. The summed E-state index contributed by atoms with van der Waals surface area (Å²) in [7, 11) is 0. The number of hydrogen-bond acceptors (Lipinski definition) is 5. The molecule has 2 saturated heterocycles. The van der Waals surface area contributed by atoms with E-state index in [0.717, 1.165) is 70.7 Å². The summed E-state index contributed by atoms with van der Waals surface area (Å²) in [6, 6.07) is 13.8. The van der Waals surface area contributed by atoms with Gasteiger partial charge in [-0.3, -0.25) is 14.5 Å². The number of piperazine rings is 2. The lowest BCUT2D eigenvalue weighted by molar-refractivity contribution is 0.0626. The lowest BCUT2D eigenvalue weighted by Gasteiger charge is -2.36. The standard InChI is InChI=1S/C30H36FN5O2/c1-2-32-10-14-34(15-11-32)28-19-27-24(18-26(28)31)29(37)25(21-36(27)23-8-9-23)30(38)35-16-12-33(13-17-35)20-22-6-4-3-5-7-22/h3-7,18-19,21,23H,2,8-17,20H2,1H3. The van der Waals surface area contributed by atoms with Crippen LogP contribution in [-0.2, 0) is 6.54 Å². The van der Waals surface area contributed by atoms with Crippen LogP contribution in [0, 0.1) is 5.82 Å². The topological polar surface area (TPSA) is 52.0 Å². The van der Waals surface area contributed by atoms with Crippen LogP contribution in [0.1, 0.15) is 41.7 Å². The van der Waals surface area contributed by atoms with Gasteiger partial charge in [0, 0.05) is 76.5 Å². The number of likely N-dealkylation sites (N-methyl/N-ethyl adjacent to an activating group) is 1. The van der Waals surface area contributed by atoms with Gasteiger partial charge in [0.2, 0.25) is 5.43 Å². The van der Waals surface area contributed by atoms with Crippen molar-refractivity contribution in [3.05, 3.63) is 75.8 Å². The molecule has 3 aromatic rings. The van der Waals surface area contributed by atoms with Crippen molar-refractivity contribution in [3.8, 4) is 0 Å². The highest BCUT2D eigenvalue weighted by Gasteiger charge is 2.30. The van der Waals surface area contributed by atoms with Crippen molar-refractivity contribution >= 4 is 22.5 Å². The Balaban J connectivity index is 1.25. The van der Waals surface area contributed by atoms with E-state index in [2.05, 4.69) is 38.3 Å². The molecule has 3 aliphatic rings. The van der Waals surface area contributed by atoms with E-state index < -0.39 is 0 Å². The number of nitrogens with zero attached hydrogens (tertiary/aromatic N) is 5. The van der Waals surface area contributed by atoms with Crippen LogP contribution < -0.4 is 10.3 Å². The van der Waals surface area contributed by atoms with Gasteiger partial charge < -0.3 is 19.3 Å². The van der Waals surface area contributed by atoms with E-state index >= 15 is 4.39 Å². The summed E-state index contributed by atoms with van der Waals surface area (Å²) in [5.41, 5.74) is 2.33. The van der Waals surface area contributed by atoms with Gasteiger partial charge in [-0.2, -0.15) is 0 Å². The van der Waals surface area contributed by atoms with Crippen LogP contribution in [-0.4, -0.2) is 84.1 Å². The average molecular weight is 518 g/mol. The number of anilines is 1. The van der Waals surface area contributed by atoms with Gasteiger partial charge in [-0.15, -0.1) is 0 Å². The van der Waals surface area contributed by atoms with Crippen LogP contribution in [0.5, 0.6) is 0 Å². The summed E-state index contributed by atoms with van der Waals surface area (Å²) < 4.78 is 17.5. The van der Waals surface area contributed by atoms with E-state index in [0.29, 0.717) is 24.2 Å². The van der Waals surface area contributed by atoms with E-state index in [1.54, 1.807) is 11.1 Å². The Bertz CT molecular complexity index is 1370. The highest BCUT2D eigenvalue weighted by Crippen LogP contribution is 2.38. The summed E-state index contributed by atoms with van der Waals surface area (Å²) in [5, 5.41) is 0.305. The van der Waals surface area contributed by atoms with Gasteiger partial charge in [-0.1, -0.05) is 37.3 Å². The van der Waals surface area contributed by atoms with Gasteiger partial charge in [0.25, 0.3) is 5.91 Å². The number of aromatic nitrogens is 1. The largest absolute Gasteiger partial charge is 0.367 e. The molecular weight excluding hydrogens is 481 g/mol. The summed E-state index contributed by atoms with van der Waals surface area (Å²) in [4.78, 5) is 35.7. The highest BCUT2D eigenvalue weighted by molar-refractivity contribution is 5.98. The number of rotatable bonds is 6. The Hall–Kier alpha value is -3.23. The number of fused-ring (bicyclic) bond motifs is 1. The van der Waals surface area contributed by atoms with Gasteiger partial charge >= 0.3 is 0 Å². The lowest BCUT2D eigenvalue weighted by Crippen LogP contribution is -2.49. The molecular formula is C30H36FN5O2. The fraction of sp³-hybridized carbons (Fsp3) is 0.467. The summed E-state index contributed by atoms with van der Waals surface area (Å²) in [6.07, 6.45) is 3.76. The smallest absolute Gasteiger partial charge is 0.259 e. The van der Waals surface area contributed by atoms with Crippen LogP contribution in [0.15, 0.2) is 53.5 Å². The maximum Gasteiger partial charge on any atom is 0.259 e. The van der Waals surface area contributed by atoms with Crippen LogP contribution in [0.4, 0.5) is 10.1 Å². The minimum Gasteiger partial charge on any atom is -0.367 e. The Kier molecular flexibility index (Phi) is 6.93. The molecule has 3 fully saturated rings. The first-order valence-corrected chi connectivity index (χ1v) is 13.9. The molecule has 0 unspecified atom stereocenters. The quantitative estimate of drug-likeness (QED) is 0.501. The van der Waals surface area contributed by atoms with Gasteiger partial charge in [-0.05, 0) is 37.1 Å². The predicted octanol–water partition coefficient (Wildman–Crippen LogP) is 3.58. The van der Waals surface area contributed by atoms with Crippen molar-refractivity contribution in [2.45, 2.75) is 32.4 Å². The molecule has 0 radical (unpaired) electrons. The molecule has 0 bridgehead atoms. The number of amides is 1. The fourth-order valence-electron chi connectivity index (χ4n) is 5.83. The molecule has 0 atom stereocenters. The summed E-state index contributed by atoms with van der Waals surface area (Å²) in [5.74, 6) is -0.633. The molecule has 1 aliphatic carbocycles. The zero-order valence-corrected chi connectivity index (χ0v) is 22.1. The third kappa shape index (κ3) is 4.95. The Morgan fingerprint density at radius 3 is 2.26 bits per heavy atom. The molecule has 1 aromatic heterocycles. The van der Waals surface area contributed by atoms with Crippen molar-refractivity contribution in [1.29, 1.82) is 0 Å². The van der Waals surface area contributed by atoms with E-state index in [9.17, 15) is 9.59 Å². The van der Waals surface area contributed by atoms with Gasteiger partial charge in [0.05, 0.1) is 11.2 Å². The third-order valence-corrected chi connectivity index (χ3v) is 8.34. The highest BCUT2D eigenvalue weighted by atomic mass is 19.1. The van der Waals surface area contributed by atoms with E-state index in [4.69, 9.17) is 0 Å². The summed E-state index contributed by atoms with van der Waals surface area (Å²) >= 11 is 0. The number of carbonyl (C=O) groups excluding carboxylic acids is 1. The third-order valence-electron chi connectivity index (χ3n) is 8.34. The zero-order valence-electron chi connectivity index (χ0n) is 22.1. The van der Waals surface area contributed by atoms with Crippen molar-refractivity contribution in [2.75, 3.05) is 63.8 Å². The van der Waals surface area contributed by atoms with Gasteiger partial charge in [-0.25, -0.2) is 4.39 Å². The van der Waals surface area contributed by atoms with E-state index in [1.807, 2.05) is 24.3 Å². The Morgan fingerprint density at radius 1 is 0.921 bits per heavy atom. The van der Waals surface area contributed by atoms with Crippen LogP contribution in [0.3, 0.4) is 0 Å². The minimum absolute atomic E-state index is 0.157. The van der Waals surface area contributed by atoms with Crippen molar-refractivity contribution in [1.82, 2.24) is 19.3 Å². The van der Waals surface area contributed by atoms with Gasteiger partial charge in [0.15, 0.2) is 0 Å². The first-order valence-electron chi connectivity index (χ1n) is 13.9. The van der Waals surface area contributed by atoms with Crippen LogP contribution in [0.25, 0.3) is 10.9 Å². The molecule has 0 spiro atoms. The first-order chi connectivity index (χ1) is 18.5. The maximum absolute atomic E-state index is 15.4. The van der Waals surface area contributed by atoms with Crippen molar-refractivity contribution in [3.63, 3.8) is 0 Å². The Labute approximate surface area is 223 Å². The number of benzene rings is 2. The molecule has 2 aliphatic heterocycles. The molecule has 38 heavy (non-hydrogen) atoms. The fourth-order valence-corrected chi connectivity index (χ4v) is 5.83. The molecule has 6 rings (SSSR count). The lowest BCUT2D eigenvalue weighted by atomic mass is 10.1. The number of halogens is 1. The molecule has 200 valence electrons. The second kappa shape index (κ2) is 10.5. The average Bonchev–Trinajstić information content (AvgIpc) is 3.80. The SMILES string of the molecule is CCN1CCN(c2cc3c(cc2F)c(=O)c(C(=O)N2CCN(Cc4ccccc4)CC2)cn3C2CC2)CC1. The molecule has 7 nitrogen and oxygen atoms in total. The second-order valence-electron chi connectivity index (χ2n) is 10.8. The van der Waals surface area contributed by atoms with E-state index in [-0.39, 0.29) is 28.8 Å². The minimum atomic E-state index is -0.388. The molecule has 1 saturated carbocycles. The number of carbonyl (C=O) groups is 1. The second-order valence-corrected chi connectivity index (χ2v) is 10.8. The van der Waals surface area contributed by atoms with Crippen LogP contribution in [0.2, 0.25) is 0 Å². The normalized spacial score (nSPS) is 19.3. The first kappa shape index (κ1) is 25.1.